The molecule has 0 spiro atoms. The molecule has 3 aliphatic rings. The lowest BCUT2D eigenvalue weighted by Crippen LogP contribution is -2.25. The van der Waals surface area contributed by atoms with E-state index in [4.69, 9.17) is 9.53 Å². The number of fused-ring (bicyclic) bond motifs is 1. The highest BCUT2D eigenvalue weighted by Crippen LogP contribution is 2.32. The minimum atomic E-state index is -0.0670. The summed E-state index contributed by atoms with van der Waals surface area (Å²) >= 11 is 0. The van der Waals surface area contributed by atoms with Gasteiger partial charge in [-0.15, -0.1) is 4.70 Å². The van der Waals surface area contributed by atoms with Crippen molar-refractivity contribution in [2.24, 2.45) is 15.9 Å². The van der Waals surface area contributed by atoms with Crippen LogP contribution in [0.2, 0.25) is 0 Å². The van der Waals surface area contributed by atoms with Crippen LogP contribution < -0.4 is 0 Å². The molecule has 1 aromatic rings. The van der Waals surface area contributed by atoms with E-state index in [-0.39, 0.29) is 10.8 Å². The highest BCUT2D eigenvalue weighted by Gasteiger charge is 2.32. The summed E-state index contributed by atoms with van der Waals surface area (Å²) in [5.41, 5.74) is 3.56. The lowest BCUT2D eigenvalue weighted by atomic mass is 9.89. The van der Waals surface area contributed by atoms with Crippen LogP contribution in [0.25, 0.3) is 12.2 Å². The van der Waals surface area contributed by atoms with Crippen molar-refractivity contribution < 1.29 is 9.11 Å². The Balaban J connectivity index is 1.54. The summed E-state index contributed by atoms with van der Waals surface area (Å²) in [6.07, 6.45) is 19.3. The lowest BCUT2D eigenvalue weighted by molar-refractivity contribution is -0.586. The second-order valence-corrected chi connectivity index (χ2v) is 7.73. The largest absolute Gasteiger partial charge is 0.464 e. The molecule has 0 bridgehead atoms. The van der Waals surface area contributed by atoms with Gasteiger partial charge in [0.2, 0.25) is 0 Å². The molecule has 1 aromatic heterocycles. The lowest BCUT2D eigenvalue weighted by Gasteiger charge is -2.17. The van der Waals surface area contributed by atoms with E-state index in [1.54, 1.807) is 6.26 Å². The Morgan fingerprint density at radius 1 is 1.04 bits per heavy atom. The quantitative estimate of drug-likeness (QED) is 0.688. The van der Waals surface area contributed by atoms with Crippen LogP contribution in [0.15, 0.2) is 69.6 Å². The molecule has 1 unspecified atom stereocenters. The summed E-state index contributed by atoms with van der Waals surface area (Å²) in [7, 11) is 0. The smallest absolute Gasteiger partial charge is 0.196 e. The monoisotopic (exact) mass is 319 g/mol. The Labute approximate surface area is 143 Å². The third-order valence-electron chi connectivity index (χ3n) is 4.83. The fourth-order valence-electron chi connectivity index (χ4n) is 3.27. The average molecular weight is 319 g/mol. The molecule has 0 saturated heterocycles. The van der Waals surface area contributed by atoms with Crippen molar-refractivity contribution in [2.75, 3.05) is 13.1 Å². The van der Waals surface area contributed by atoms with E-state index in [1.165, 1.54) is 5.57 Å². The standard InChI is InChI=1S/C21H23N2O/c1-20(2)9-4-17-14-23(22-18(17)6-10-20)15-21(3)11-5-16-8-13-24-19(16)7-12-21/h4-13H,14-15H2,1-3H3/q+1. The first-order valence-corrected chi connectivity index (χ1v) is 8.47. The zero-order valence-electron chi connectivity index (χ0n) is 14.5. The molecule has 4 rings (SSSR count). The molecule has 2 aliphatic carbocycles. The maximum absolute atomic E-state index is 5.51. The van der Waals surface area contributed by atoms with Crippen molar-refractivity contribution in [2.45, 2.75) is 20.8 Å². The van der Waals surface area contributed by atoms with E-state index in [9.17, 15) is 0 Å². The fourth-order valence-corrected chi connectivity index (χ4v) is 3.27. The van der Waals surface area contributed by atoms with Crippen molar-refractivity contribution in [1.29, 1.82) is 0 Å². The van der Waals surface area contributed by atoms with Crippen LogP contribution in [0.1, 0.15) is 32.1 Å². The molecular weight excluding hydrogens is 296 g/mol. The minimum absolute atomic E-state index is 0.0670. The van der Waals surface area contributed by atoms with Gasteiger partial charge in [0.25, 0.3) is 0 Å². The topological polar surface area (TPSA) is 28.5 Å². The van der Waals surface area contributed by atoms with Gasteiger partial charge in [0.05, 0.1) is 17.3 Å². The summed E-state index contributed by atoms with van der Waals surface area (Å²) in [6.45, 7) is 8.38. The maximum atomic E-state index is 5.51. The van der Waals surface area contributed by atoms with Crippen LogP contribution in [0.3, 0.4) is 0 Å². The molecule has 3 nitrogen and oxygen atoms in total. The first-order valence-electron chi connectivity index (χ1n) is 8.47. The predicted molar refractivity (Wildman–Crippen MR) is 96.4 cm³/mol. The highest BCUT2D eigenvalue weighted by atomic mass is 16.3. The summed E-state index contributed by atoms with van der Waals surface area (Å²) < 4.78 is 7.67. The Morgan fingerprint density at radius 3 is 2.71 bits per heavy atom. The van der Waals surface area contributed by atoms with Gasteiger partial charge in [0.15, 0.2) is 13.1 Å². The van der Waals surface area contributed by atoms with E-state index < -0.39 is 0 Å². The van der Waals surface area contributed by atoms with Crippen molar-refractivity contribution >= 4 is 12.2 Å². The summed E-state index contributed by atoms with van der Waals surface area (Å²) in [6, 6.07) is 2.00. The molecular formula is C21H23N2O+. The van der Waals surface area contributed by atoms with E-state index in [0.29, 0.717) is 0 Å². The number of hydrogen-bond acceptors (Lipinski definition) is 2. The first kappa shape index (κ1) is 15.1. The number of azo groups is 2. The Hall–Kier alpha value is -2.42. The molecule has 0 N–H and O–H groups in total. The molecule has 0 radical (unpaired) electrons. The zero-order valence-corrected chi connectivity index (χ0v) is 14.5. The van der Waals surface area contributed by atoms with Crippen LogP contribution >= 0.6 is 0 Å². The van der Waals surface area contributed by atoms with Gasteiger partial charge in [-0.3, -0.25) is 0 Å². The fraction of sp³-hybridized carbons (Fsp3) is 0.333. The third kappa shape index (κ3) is 2.86. The number of hydrogen-bond donors (Lipinski definition) is 0. The van der Waals surface area contributed by atoms with Crippen molar-refractivity contribution in [3.05, 3.63) is 71.4 Å². The molecule has 0 aromatic carbocycles. The molecule has 0 amide bonds. The van der Waals surface area contributed by atoms with Gasteiger partial charge in [0.1, 0.15) is 11.5 Å². The van der Waals surface area contributed by atoms with Gasteiger partial charge >= 0.3 is 0 Å². The molecule has 2 heterocycles. The zero-order chi connectivity index (χ0) is 16.8. The van der Waals surface area contributed by atoms with Crippen LogP contribution in [0, 0.1) is 10.8 Å². The summed E-state index contributed by atoms with van der Waals surface area (Å²) in [4.78, 5) is 0. The average Bonchev–Trinajstić information content (AvgIpc) is 3.07. The second-order valence-electron chi connectivity index (χ2n) is 7.73. The molecule has 0 saturated carbocycles. The van der Waals surface area contributed by atoms with Gasteiger partial charge < -0.3 is 4.42 Å². The van der Waals surface area contributed by atoms with Gasteiger partial charge in [-0.05, 0) is 30.3 Å². The Kier molecular flexibility index (Phi) is 3.34. The molecule has 3 heteroatoms. The van der Waals surface area contributed by atoms with Gasteiger partial charge in [-0.25, -0.2) is 0 Å². The van der Waals surface area contributed by atoms with Gasteiger partial charge in [-0.1, -0.05) is 50.3 Å². The Bertz CT molecular complexity index is 828. The van der Waals surface area contributed by atoms with Gasteiger partial charge in [-0.2, -0.15) is 0 Å². The van der Waals surface area contributed by atoms with Crippen LogP contribution in [0.4, 0.5) is 0 Å². The highest BCUT2D eigenvalue weighted by molar-refractivity contribution is 5.65. The van der Waals surface area contributed by atoms with E-state index in [1.807, 2.05) is 6.07 Å². The number of furan rings is 1. The van der Waals surface area contributed by atoms with Crippen molar-refractivity contribution in [3.63, 3.8) is 0 Å². The van der Waals surface area contributed by atoms with E-state index in [0.717, 1.165) is 30.1 Å². The van der Waals surface area contributed by atoms with E-state index in [2.05, 4.69) is 74.1 Å². The molecule has 0 fully saturated rings. The summed E-state index contributed by atoms with van der Waals surface area (Å²) in [5, 5.41) is 4.83. The number of rotatable bonds is 2. The molecule has 122 valence electrons. The normalized spacial score (nSPS) is 26.9. The van der Waals surface area contributed by atoms with Crippen LogP contribution in [-0.4, -0.2) is 17.8 Å². The van der Waals surface area contributed by atoms with Gasteiger partial charge in [0, 0.05) is 11.0 Å². The second kappa shape index (κ2) is 5.30. The molecule has 1 aliphatic heterocycles. The van der Waals surface area contributed by atoms with Crippen molar-refractivity contribution in [1.82, 2.24) is 0 Å². The summed E-state index contributed by atoms with van der Waals surface area (Å²) in [5.74, 6) is 0.926. The number of allylic oxidation sites excluding steroid dienone is 3. The third-order valence-corrected chi connectivity index (χ3v) is 4.83. The maximum Gasteiger partial charge on any atom is 0.196 e. The van der Waals surface area contributed by atoms with Crippen LogP contribution in [-0.2, 0) is 0 Å². The predicted octanol–water partition coefficient (Wildman–Crippen LogP) is 5.21. The number of nitrogens with zero attached hydrogens (tertiary/aromatic N) is 2. The van der Waals surface area contributed by atoms with Crippen LogP contribution in [0.5, 0.6) is 0 Å². The molecule has 1 atom stereocenters. The minimum Gasteiger partial charge on any atom is -0.464 e. The Morgan fingerprint density at radius 2 is 1.83 bits per heavy atom. The first-order chi connectivity index (χ1) is 11.4. The molecule has 24 heavy (non-hydrogen) atoms. The SMILES string of the molecule is CC1(C)C=CC2=C(C=C1)N=[N+](CC1(C)C=Cc3ccoc3C=C1)C2. The van der Waals surface area contributed by atoms with E-state index >= 15 is 0 Å². The van der Waals surface area contributed by atoms with Crippen molar-refractivity contribution in [3.8, 4) is 0 Å².